The Kier molecular flexibility index (Phi) is 6.23. The summed E-state index contributed by atoms with van der Waals surface area (Å²) in [7, 11) is -4.00. The van der Waals surface area contributed by atoms with Crippen LogP contribution in [0.1, 0.15) is 16.7 Å². The topological polar surface area (TPSA) is 55.7 Å². The Labute approximate surface area is 178 Å². The van der Waals surface area contributed by atoms with Crippen LogP contribution in [0.4, 0.5) is 5.69 Å². The van der Waals surface area contributed by atoms with Crippen LogP contribution in [0.3, 0.4) is 0 Å². The number of aryl methyl sites for hydroxylation is 2. The summed E-state index contributed by atoms with van der Waals surface area (Å²) in [5.74, 6) is 0.187. The van der Waals surface area contributed by atoms with Gasteiger partial charge in [0, 0.05) is 21.3 Å². The van der Waals surface area contributed by atoms with Crippen molar-refractivity contribution in [3.05, 3.63) is 86.8 Å². The minimum atomic E-state index is -4.00. The first kappa shape index (κ1) is 20.6. The van der Waals surface area contributed by atoms with Gasteiger partial charge in [0.05, 0.1) is 5.69 Å². The Balaban J connectivity index is 1.96. The molecule has 144 valence electrons. The average molecular weight is 479 g/mol. The fourth-order valence-corrected chi connectivity index (χ4v) is 3.92. The van der Waals surface area contributed by atoms with Crippen LogP contribution in [-0.2, 0) is 10.1 Å². The van der Waals surface area contributed by atoms with E-state index in [1.165, 1.54) is 24.3 Å². The average Bonchev–Trinajstić information content (AvgIpc) is 2.64. The molecule has 3 aromatic carbocycles. The lowest BCUT2D eigenvalue weighted by Crippen LogP contribution is -2.10. The van der Waals surface area contributed by atoms with Gasteiger partial charge in [-0.25, -0.2) is 0 Å². The molecule has 7 heteroatoms. The number of rotatable bonds is 5. The van der Waals surface area contributed by atoms with Gasteiger partial charge in [-0.15, -0.1) is 0 Å². The molecule has 0 saturated carbocycles. The standard InChI is InChI=1S/C21H17BrClNO3S/c1-14-3-4-15(2)20(11-14)24-13-16-12-17(22)5-10-21(16)27-28(25,26)19-8-6-18(23)7-9-19/h3-13H,1-2H3. The van der Waals surface area contributed by atoms with Gasteiger partial charge in [0.15, 0.2) is 5.75 Å². The first-order valence-corrected chi connectivity index (χ1v) is 10.9. The Morgan fingerprint density at radius 1 is 1.00 bits per heavy atom. The Hall–Kier alpha value is -2.15. The summed E-state index contributed by atoms with van der Waals surface area (Å²) < 4.78 is 31.4. The highest BCUT2D eigenvalue weighted by atomic mass is 79.9. The van der Waals surface area contributed by atoms with E-state index in [1.54, 1.807) is 24.4 Å². The van der Waals surface area contributed by atoms with E-state index in [0.717, 1.165) is 21.3 Å². The van der Waals surface area contributed by atoms with Crippen molar-refractivity contribution in [1.29, 1.82) is 0 Å². The van der Waals surface area contributed by atoms with Gasteiger partial charge in [0.2, 0.25) is 0 Å². The molecule has 0 saturated heterocycles. The molecular formula is C21H17BrClNO3S. The molecule has 0 aliphatic heterocycles. The summed E-state index contributed by atoms with van der Waals surface area (Å²) in [6.07, 6.45) is 1.60. The molecule has 0 atom stereocenters. The zero-order valence-corrected chi connectivity index (χ0v) is 18.3. The minimum Gasteiger partial charge on any atom is -0.378 e. The molecule has 28 heavy (non-hydrogen) atoms. The van der Waals surface area contributed by atoms with Gasteiger partial charge in [-0.2, -0.15) is 8.42 Å². The van der Waals surface area contributed by atoms with Crippen LogP contribution in [0.25, 0.3) is 0 Å². The molecule has 3 aromatic rings. The molecule has 0 aliphatic carbocycles. The molecule has 0 amide bonds. The molecule has 3 rings (SSSR count). The van der Waals surface area contributed by atoms with Gasteiger partial charge < -0.3 is 4.18 Å². The maximum absolute atomic E-state index is 12.6. The summed E-state index contributed by atoms with van der Waals surface area (Å²) in [5.41, 5.74) is 3.46. The monoisotopic (exact) mass is 477 g/mol. The van der Waals surface area contributed by atoms with E-state index in [0.29, 0.717) is 10.6 Å². The number of benzene rings is 3. The van der Waals surface area contributed by atoms with Crippen molar-refractivity contribution < 1.29 is 12.6 Å². The van der Waals surface area contributed by atoms with Gasteiger partial charge in [0.1, 0.15) is 4.90 Å². The Bertz CT molecular complexity index is 1140. The third kappa shape index (κ3) is 5.01. The summed E-state index contributed by atoms with van der Waals surface area (Å²) in [6, 6.07) is 16.8. The minimum absolute atomic E-state index is 0.0252. The van der Waals surface area contributed by atoms with E-state index in [1.807, 2.05) is 32.0 Å². The Morgan fingerprint density at radius 3 is 2.43 bits per heavy atom. The van der Waals surface area contributed by atoms with Gasteiger partial charge in [-0.1, -0.05) is 39.7 Å². The number of hydrogen-bond donors (Lipinski definition) is 0. The maximum Gasteiger partial charge on any atom is 0.339 e. The van der Waals surface area contributed by atoms with E-state index in [-0.39, 0.29) is 10.6 Å². The van der Waals surface area contributed by atoms with Crippen LogP contribution >= 0.6 is 27.5 Å². The second kappa shape index (κ2) is 8.47. The van der Waals surface area contributed by atoms with Crippen molar-refractivity contribution in [1.82, 2.24) is 0 Å². The molecule has 0 bridgehead atoms. The lowest BCUT2D eigenvalue weighted by Gasteiger charge is -2.10. The number of hydrogen-bond acceptors (Lipinski definition) is 4. The summed E-state index contributed by atoms with van der Waals surface area (Å²) in [4.78, 5) is 4.54. The summed E-state index contributed by atoms with van der Waals surface area (Å²) >= 11 is 9.23. The van der Waals surface area contributed by atoms with Gasteiger partial charge >= 0.3 is 10.1 Å². The normalized spacial score (nSPS) is 11.7. The SMILES string of the molecule is Cc1ccc(C)c(N=Cc2cc(Br)ccc2OS(=O)(=O)c2ccc(Cl)cc2)c1. The molecule has 0 aromatic heterocycles. The van der Waals surface area contributed by atoms with Crippen LogP contribution in [0.2, 0.25) is 5.02 Å². The molecule has 0 N–H and O–H groups in total. The van der Waals surface area contributed by atoms with Gasteiger partial charge in [-0.05, 0) is 73.5 Å². The highest BCUT2D eigenvalue weighted by molar-refractivity contribution is 9.10. The summed E-state index contributed by atoms with van der Waals surface area (Å²) in [6.45, 7) is 3.96. The Morgan fingerprint density at radius 2 is 1.71 bits per heavy atom. The van der Waals surface area contributed by atoms with E-state index >= 15 is 0 Å². The van der Waals surface area contributed by atoms with Crippen LogP contribution in [0.5, 0.6) is 5.75 Å². The molecule has 0 spiro atoms. The molecule has 0 aliphatic rings. The zero-order valence-electron chi connectivity index (χ0n) is 15.2. The molecule has 4 nitrogen and oxygen atoms in total. The van der Waals surface area contributed by atoms with Crippen molar-refractivity contribution in [3.63, 3.8) is 0 Å². The van der Waals surface area contributed by atoms with Crippen molar-refractivity contribution in [3.8, 4) is 5.75 Å². The highest BCUT2D eigenvalue weighted by Crippen LogP contribution is 2.27. The molecule has 0 unspecified atom stereocenters. The van der Waals surface area contributed by atoms with Crippen LogP contribution < -0.4 is 4.18 Å². The summed E-state index contributed by atoms with van der Waals surface area (Å²) in [5, 5.41) is 0.448. The first-order valence-electron chi connectivity index (χ1n) is 8.35. The maximum atomic E-state index is 12.6. The lowest BCUT2D eigenvalue weighted by atomic mass is 10.1. The number of halogens is 2. The van der Waals surface area contributed by atoms with Crippen molar-refractivity contribution in [2.24, 2.45) is 4.99 Å². The van der Waals surface area contributed by atoms with E-state index in [4.69, 9.17) is 15.8 Å². The first-order chi connectivity index (χ1) is 13.2. The van der Waals surface area contributed by atoms with Crippen LogP contribution in [0, 0.1) is 13.8 Å². The molecule has 0 radical (unpaired) electrons. The molecular weight excluding hydrogens is 462 g/mol. The predicted octanol–water partition coefficient (Wildman–Crippen LogP) is 6.24. The smallest absolute Gasteiger partial charge is 0.339 e. The van der Waals surface area contributed by atoms with Crippen LogP contribution in [0.15, 0.2) is 75.0 Å². The largest absolute Gasteiger partial charge is 0.378 e. The van der Waals surface area contributed by atoms with Gasteiger partial charge in [-0.3, -0.25) is 4.99 Å². The van der Waals surface area contributed by atoms with Crippen molar-refractivity contribution in [2.75, 3.05) is 0 Å². The highest BCUT2D eigenvalue weighted by Gasteiger charge is 2.18. The third-order valence-corrected chi connectivity index (χ3v) is 5.97. The predicted molar refractivity (Wildman–Crippen MR) is 117 cm³/mol. The third-order valence-electron chi connectivity index (χ3n) is 3.98. The van der Waals surface area contributed by atoms with E-state index < -0.39 is 10.1 Å². The van der Waals surface area contributed by atoms with Crippen molar-refractivity contribution >= 4 is 49.6 Å². The number of aliphatic imine (C=N–C) groups is 1. The fraction of sp³-hybridized carbons (Fsp3) is 0.0952. The second-order valence-corrected chi connectivity index (χ2v) is 9.12. The zero-order chi connectivity index (χ0) is 20.3. The second-order valence-electron chi connectivity index (χ2n) is 6.22. The fourth-order valence-electron chi connectivity index (χ4n) is 2.46. The van der Waals surface area contributed by atoms with E-state index in [9.17, 15) is 8.42 Å². The van der Waals surface area contributed by atoms with E-state index in [2.05, 4.69) is 20.9 Å². The lowest BCUT2D eigenvalue weighted by molar-refractivity contribution is 0.485. The molecule has 0 heterocycles. The van der Waals surface area contributed by atoms with Gasteiger partial charge in [0.25, 0.3) is 0 Å². The quantitative estimate of drug-likeness (QED) is 0.322. The van der Waals surface area contributed by atoms with Crippen LogP contribution in [-0.4, -0.2) is 14.6 Å². The number of nitrogens with zero attached hydrogens (tertiary/aromatic N) is 1. The molecule has 0 fully saturated rings. The van der Waals surface area contributed by atoms with Crippen molar-refractivity contribution in [2.45, 2.75) is 18.7 Å².